The standard InChI is InChI=1S/C23H22N2O4S/c1-15-19(23(28)29-2)22(25-18(26)13-16-9-5-3-6-10-16)30-20(15)21(27)24-14-17-11-7-4-8-12-17/h3-12H,13-14H2,1-2H3,(H,24,27)(H,25,26). The summed E-state index contributed by atoms with van der Waals surface area (Å²) in [6, 6.07) is 18.8. The molecule has 3 aromatic rings. The average Bonchev–Trinajstić information content (AvgIpc) is 3.08. The molecule has 0 saturated carbocycles. The van der Waals surface area contributed by atoms with Gasteiger partial charge in [0.2, 0.25) is 5.91 Å². The first-order valence-corrected chi connectivity index (χ1v) is 10.2. The number of benzene rings is 2. The van der Waals surface area contributed by atoms with Crippen molar-refractivity contribution in [3.8, 4) is 0 Å². The third-order valence-electron chi connectivity index (χ3n) is 4.50. The van der Waals surface area contributed by atoms with E-state index in [9.17, 15) is 14.4 Å². The zero-order valence-corrected chi connectivity index (χ0v) is 17.5. The van der Waals surface area contributed by atoms with Crippen LogP contribution >= 0.6 is 11.3 Å². The Morgan fingerprint density at radius 3 is 2.13 bits per heavy atom. The monoisotopic (exact) mass is 422 g/mol. The maximum Gasteiger partial charge on any atom is 0.341 e. The highest BCUT2D eigenvalue weighted by molar-refractivity contribution is 7.18. The molecule has 2 aromatic carbocycles. The number of methoxy groups -OCH3 is 1. The lowest BCUT2D eigenvalue weighted by atomic mass is 10.1. The number of carbonyl (C=O) groups excluding carboxylic acids is 3. The third kappa shape index (κ3) is 5.12. The highest BCUT2D eigenvalue weighted by Crippen LogP contribution is 2.34. The number of anilines is 1. The number of hydrogen-bond acceptors (Lipinski definition) is 5. The molecule has 7 heteroatoms. The van der Waals surface area contributed by atoms with Crippen molar-refractivity contribution in [2.75, 3.05) is 12.4 Å². The van der Waals surface area contributed by atoms with Crippen molar-refractivity contribution >= 4 is 34.1 Å². The summed E-state index contributed by atoms with van der Waals surface area (Å²) in [5.74, 6) is -1.18. The van der Waals surface area contributed by atoms with Gasteiger partial charge < -0.3 is 15.4 Å². The molecular weight excluding hydrogens is 400 g/mol. The fourth-order valence-electron chi connectivity index (χ4n) is 2.98. The second-order valence-electron chi connectivity index (χ2n) is 6.63. The van der Waals surface area contributed by atoms with Gasteiger partial charge in [0.15, 0.2) is 0 Å². The van der Waals surface area contributed by atoms with Gasteiger partial charge in [-0.25, -0.2) is 4.79 Å². The molecule has 0 unspecified atom stereocenters. The van der Waals surface area contributed by atoms with E-state index >= 15 is 0 Å². The van der Waals surface area contributed by atoms with Crippen LogP contribution in [0, 0.1) is 6.92 Å². The highest BCUT2D eigenvalue weighted by atomic mass is 32.1. The second-order valence-corrected chi connectivity index (χ2v) is 7.65. The summed E-state index contributed by atoms with van der Waals surface area (Å²) in [4.78, 5) is 37.9. The summed E-state index contributed by atoms with van der Waals surface area (Å²) < 4.78 is 4.86. The van der Waals surface area contributed by atoms with Crippen molar-refractivity contribution in [3.05, 3.63) is 87.8 Å². The van der Waals surface area contributed by atoms with E-state index in [1.165, 1.54) is 7.11 Å². The van der Waals surface area contributed by atoms with E-state index < -0.39 is 5.97 Å². The van der Waals surface area contributed by atoms with Crippen LogP contribution in [0.1, 0.15) is 36.7 Å². The SMILES string of the molecule is COC(=O)c1c(NC(=O)Cc2ccccc2)sc(C(=O)NCc2ccccc2)c1C. The van der Waals surface area contributed by atoms with Crippen LogP contribution in [0.3, 0.4) is 0 Å². The van der Waals surface area contributed by atoms with Gasteiger partial charge in [0.25, 0.3) is 5.91 Å². The molecule has 3 rings (SSSR count). The fraction of sp³-hybridized carbons (Fsp3) is 0.174. The molecule has 1 aromatic heterocycles. The lowest BCUT2D eigenvalue weighted by Gasteiger charge is -2.06. The first-order valence-electron chi connectivity index (χ1n) is 9.37. The predicted octanol–water partition coefficient (Wildman–Crippen LogP) is 3.95. The summed E-state index contributed by atoms with van der Waals surface area (Å²) in [6.07, 6.45) is 0.161. The van der Waals surface area contributed by atoms with E-state index in [1.807, 2.05) is 60.7 Å². The van der Waals surface area contributed by atoms with E-state index in [-0.39, 0.29) is 23.8 Å². The number of carbonyl (C=O) groups is 3. The lowest BCUT2D eigenvalue weighted by molar-refractivity contribution is -0.115. The minimum atomic E-state index is -0.596. The maximum absolute atomic E-state index is 12.7. The van der Waals surface area contributed by atoms with Gasteiger partial charge >= 0.3 is 5.97 Å². The van der Waals surface area contributed by atoms with Crippen LogP contribution < -0.4 is 10.6 Å². The van der Waals surface area contributed by atoms with Crippen LogP contribution in [-0.2, 0) is 22.5 Å². The Kier molecular flexibility index (Phi) is 6.98. The second kappa shape index (κ2) is 9.84. The summed E-state index contributed by atoms with van der Waals surface area (Å²) in [6.45, 7) is 2.04. The summed E-state index contributed by atoms with van der Waals surface area (Å²) in [5, 5.41) is 5.93. The van der Waals surface area contributed by atoms with Crippen LogP contribution in [-0.4, -0.2) is 24.9 Å². The third-order valence-corrected chi connectivity index (χ3v) is 5.70. The largest absolute Gasteiger partial charge is 0.465 e. The smallest absolute Gasteiger partial charge is 0.341 e. The summed E-state index contributed by atoms with van der Waals surface area (Å²) in [5.41, 5.74) is 2.49. The molecule has 154 valence electrons. The number of thiophene rings is 1. The Morgan fingerprint density at radius 2 is 1.53 bits per heavy atom. The van der Waals surface area contributed by atoms with Gasteiger partial charge in [-0.05, 0) is 23.6 Å². The molecule has 6 nitrogen and oxygen atoms in total. The number of amides is 2. The zero-order valence-electron chi connectivity index (χ0n) is 16.7. The van der Waals surface area contributed by atoms with E-state index in [4.69, 9.17) is 4.74 Å². The predicted molar refractivity (Wildman–Crippen MR) is 117 cm³/mol. The van der Waals surface area contributed by atoms with Crippen molar-refractivity contribution in [1.82, 2.24) is 5.32 Å². The van der Waals surface area contributed by atoms with Crippen LogP contribution in [0.4, 0.5) is 5.00 Å². The van der Waals surface area contributed by atoms with Crippen molar-refractivity contribution in [2.24, 2.45) is 0 Å². The van der Waals surface area contributed by atoms with Crippen LogP contribution in [0.15, 0.2) is 60.7 Å². The molecule has 1 heterocycles. The first kappa shape index (κ1) is 21.3. The van der Waals surface area contributed by atoms with Crippen molar-refractivity contribution in [1.29, 1.82) is 0 Å². The van der Waals surface area contributed by atoms with E-state index in [0.717, 1.165) is 22.5 Å². The summed E-state index contributed by atoms with van der Waals surface area (Å²) >= 11 is 1.07. The van der Waals surface area contributed by atoms with Crippen LogP contribution in [0.2, 0.25) is 0 Å². The van der Waals surface area contributed by atoms with Crippen LogP contribution in [0.25, 0.3) is 0 Å². The Hall–Kier alpha value is -3.45. The zero-order chi connectivity index (χ0) is 21.5. The molecule has 0 atom stereocenters. The number of ether oxygens (including phenoxy) is 1. The normalized spacial score (nSPS) is 10.3. The molecule has 0 aliphatic carbocycles. The average molecular weight is 423 g/mol. The molecular formula is C23H22N2O4S. The Labute approximate surface area is 178 Å². The molecule has 0 bridgehead atoms. The molecule has 2 N–H and O–H groups in total. The van der Waals surface area contributed by atoms with Gasteiger partial charge in [0.05, 0.1) is 24.0 Å². The Bertz CT molecular complexity index is 1050. The quantitative estimate of drug-likeness (QED) is 0.565. The van der Waals surface area contributed by atoms with E-state index in [0.29, 0.717) is 22.0 Å². The Morgan fingerprint density at radius 1 is 0.933 bits per heavy atom. The van der Waals surface area contributed by atoms with Gasteiger partial charge in [0.1, 0.15) is 5.00 Å². The topological polar surface area (TPSA) is 84.5 Å². The fourth-order valence-corrected chi connectivity index (χ4v) is 4.10. The van der Waals surface area contributed by atoms with E-state index in [2.05, 4.69) is 10.6 Å². The van der Waals surface area contributed by atoms with Crippen LogP contribution in [0.5, 0.6) is 0 Å². The number of nitrogens with one attached hydrogen (secondary N) is 2. The minimum Gasteiger partial charge on any atom is -0.465 e. The molecule has 0 saturated heterocycles. The number of esters is 1. The van der Waals surface area contributed by atoms with Gasteiger partial charge in [-0.15, -0.1) is 11.3 Å². The maximum atomic E-state index is 12.7. The molecule has 0 aliphatic rings. The van der Waals surface area contributed by atoms with Crippen molar-refractivity contribution in [2.45, 2.75) is 19.9 Å². The van der Waals surface area contributed by atoms with Crippen molar-refractivity contribution in [3.63, 3.8) is 0 Å². The lowest BCUT2D eigenvalue weighted by Crippen LogP contribution is -2.22. The molecule has 2 amide bonds. The first-order chi connectivity index (χ1) is 14.5. The Balaban J connectivity index is 1.79. The molecule has 0 fully saturated rings. The van der Waals surface area contributed by atoms with E-state index in [1.54, 1.807) is 6.92 Å². The van der Waals surface area contributed by atoms with Crippen molar-refractivity contribution < 1.29 is 19.1 Å². The molecule has 0 spiro atoms. The number of hydrogen-bond donors (Lipinski definition) is 2. The van der Waals surface area contributed by atoms with Gasteiger partial charge in [-0.2, -0.15) is 0 Å². The summed E-state index contributed by atoms with van der Waals surface area (Å²) in [7, 11) is 1.27. The highest BCUT2D eigenvalue weighted by Gasteiger charge is 2.26. The molecule has 30 heavy (non-hydrogen) atoms. The number of rotatable bonds is 7. The minimum absolute atomic E-state index is 0.161. The van der Waals surface area contributed by atoms with Gasteiger partial charge in [-0.1, -0.05) is 60.7 Å². The molecule has 0 aliphatic heterocycles. The van der Waals surface area contributed by atoms with Gasteiger partial charge in [-0.3, -0.25) is 9.59 Å². The van der Waals surface area contributed by atoms with Gasteiger partial charge in [0, 0.05) is 6.54 Å². The molecule has 0 radical (unpaired) electrons.